The molecule has 2 aromatic rings. The number of rotatable bonds is 3. The molecule has 1 aliphatic carbocycles. The highest BCUT2D eigenvalue weighted by atomic mass is 16.2. The van der Waals surface area contributed by atoms with E-state index >= 15 is 0 Å². The van der Waals surface area contributed by atoms with E-state index in [2.05, 4.69) is 15.7 Å². The summed E-state index contributed by atoms with van der Waals surface area (Å²) in [4.78, 5) is 41.8. The number of benzene rings is 1. The molecule has 1 saturated heterocycles. The van der Waals surface area contributed by atoms with E-state index in [1.165, 1.54) is 5.01 Å². The molecule has 4 rings (SSSR count). The van der Waals surface area contributed by atoms with Gasteiger partial charge >= 0.3 is 0 Å². The molecule has 0 unspecified atom stereocenters. The number of nitrogens with one attached hydrogen (secondary N) is 2. The molecule has 2 atom stereocenters. The lowest BCUT2D eigenvalue weighted by Crippen LogP contribution is -2.59. The van der Waals surface area contributed by atoms with Gasteiger partial charge in [-0.15, -0.1) is 0 Å². The van der Waals surface area contributed by atoms with Gasteiger partial charge in [0.05, 0.1) is 17.5 Å². The van der Waals surface area contributed by atoms with Gasteiger partial charge in [-0.1, -0.05) is 24.3 Å². The van der Waals surface area contributed by atoms with Crippen molar-refractivity contribution in [3.05, 3.63) is 66.4 Å². The quantitative estimate of drug-likeness (QED) is 0.820. The van der Waals surface area contributed by atoms with Crippen LogP contribution in [0.15, 0.2) is 60.8 Å². The number of fused-ring (bicyclic) bond motifs is 1. The van der Waals surface area contributed by atoms with Gasteiger partial charge in [-0.3, -0.25) is 19.8 Å². The van der Waals surface area contributed by atoms with Gasteiger partial charge in [0, 0.05) is 11.8 Å². The van der Waals surface area contributed by atoms with Crippen molar-refractivity contribution in [3.8, 4) is 0 Å². The van der Waals surface area contributed by atoms with Crippen molar-refractivity contribution >= 4 is 29.2 Å². The standard InChI is InChI=1S/C20H18N4O3/c25-18(22-17-10-3-4-11-21-17)13-6-5-7-14(12-13)24-20(27)16-9-2-1-8-15(16)19(26)23-24/h1-7,10-12,15-16H,8-9H2,(H,23,26)(H,21,22,25)/t15-,16+/m0/s1. The zero-order chi connectivity index (χ0) is 18.8. The Balaban J connectivity index is 1.57. The molecule has 7 heteroatoms. The highest BCUT2D eigenvalue weighted by molar-refractivity contribution is 6.07. The fourth-order valence-corrected chi connectivity index (χ4v) is 3.39. The van der Waals surface area contributed by atoms with Gasteiger partial charge in [0.1, 0.15) is 5.82 Å². The monoisotopic (exact) mass is 362 g/mol. The van der Waals surface area contributed by atoms with Crippen molar-refractivity contribution in [2.75, 3.05) is 10.3 Å². The second-order valence-corrected chi connectivity index (χ2v) is 6.52. The average molecular weight is 362 g/mol. The summed E-state index contributed by atoms with van der Waals surface area (Å²) >= 11 is 0. The van der Waals surface area contributed by atoms with E-state index in [1.807, 2.05) is 12.2 Å². The maximum Gasteiger partial charge on any atom is 0.256 e. The van der Waals surface area contributed by atoms with Crippen molar-refractivity contribution in [3.63, 3.8) is 0 Å². The highest BCUT2D eigenvalue weighted by Gasteiger charge is 2.42. The first kappa shape index (κ1) is 17.0. The summed E-state index contributed by atoms with van der Waals surface area (Å²) in [6, 6.07) is 11.8. The molecule has 0 bridgehead atoms. The van der Waals surface area contributed by atoms with Crippen LogP contribution in [0.2, 0.25) is 0 Å². The Labute approximate surface area is 156 Å². The molecule has 1 aromatic carbocycles. The number of hydrazine groups is 1. The summed E-state index contributed by atoms with van der Waals surface area (Å²) in [6.07, 6.45) is 6.58. The first-order chi connectivity index (χ1) is 13.1. The number of hydrogen-bond donors (Lipinski definition) is 2. The summed E-state index contributed by atoms with van der Waals surface area (Å²) in [5.41, 5.74) is 3.48. The maximum atomic E-state index is 12.8. The molecule has 136 valence electrons. The molecule has 7 nitrogen and oxygen atoms in total. The zero-order valence-corrected chi connectivity index (χ0v) is 14.5. The normalized spacial score (nSPS) is 21.4. The molecule has 1 aromatic heterocycles. The number of hydrogen-bond acceptors (Lipinski definition) is 4. The van der Waals surface area contributed by atoms with Crippen molar-refractivity contribution in [2.24, 2.45) is 11.8 Å². The third-order valence-corrected chi connectivity index (χ3v) is 4.80. The Hall–Kier alpha value is -3.48. The van der Waals surface area contributed by atoms with Crippen molar-refractivity contribution < 1.29 is 14.4 Å². The fraction of sp³-hybridized carbons (Fsp3) is 0.200. The Morgan fingerprint density at radius 1 is 1.07 bits per heavy atom. The number of carbonyl (C=O) groups excluding carboxylic acids is 3. The summed E-state index contributed by atoms with van der Waals surface area (Å²) in [5.74, 6) is -0.931. The Bertz CT molecular complexity index is 926. The molecule has 1 aliphatic heterocycles. The number of aromatic nitrogens is 1. The zero-order valence-electron chi connectivity index (χ0n) is 14.5. The molecular weight excluding hydrogens is 344 g/mol. The molecule has 1 fully saturated rings. The van der Waals surface area contributed by atoms with E-state index in [4.69, 9.17) is 0 Å². The minimum Gasteiger partial charge on any atom is -0.307 e. The average Bonchev–Trinajstić information content (AvgIpc) is 2.71. The van der Waals surface area contributed by atoms with Crippen LogP contribution in [0.3, 0.4) is 0 Å². The second kappa shape index (κ2) is 7.03. The maximum absolute atomic E-state index is 12.8. The van der Waals surface area contributed by atoms with Crippen LogP contribution in [0.25, 0.3) is 0 Å². The predicted octanol–water partition coefficient (Wildman–Crippen LogP) is 2.29. The Kier molecular flexibility index (Phi) is 4.42. The molecule has 0 saturated carbocycles. The summed E-state index contributed by atoms with van der Waals surface area (Å²) in [7, 11) is 0. The molecule has 2 heterocycles. The van der Waals surface area contributed by atoms with E-state index in [0.29, 0.717) is 29.9 Å². The predicted molar refractivity (Wildman–Crippen MR) is 99.6 cm³/mol. The minimum atomic E-state index is -0.366. The summed E-state index contributed by atoms with van der Waals surface area (Å²) < 4.78 is 0. The fourth-order valence-electron chi connectivity index (χ4n) is 3.39. The highest BCUT2D eigenvalue weighted by Crippen LogP contribution is 2.32. The van der Waals surface area contributed by atoms with Gasteiger partial charge in [-0.05, 0) is 43.2 Å². The number of carbonyl (C=O) groups is 3. The lowest BCUT2D eigenvalue weighted by atomic mass is 9.80. The number of nitrogens with zero attached hydrogens (tertiary/aromatic N) is 2. The number of amides is 3. The van der Waals surface area contributed by atoms with Gasteiger partial charge in [0.15, 0.2) is 0 Å². The largest absolute Gasteiger partial charge is 0.307 e. The number of allylic oxidation sites excluding steroid dienone is 2. The van der Waals surface area contributed by atoms with Crippen molar-refractivity contribution in [1.82, 2.24) is 10.4 Å². The van der Waals surface area contributed by atoms with Crippen LogP contribution in [-0.4, -0.2) is 22.7 Å². The lowest BCUT2D eigenvalue weighted by molar-refractivity contribution is -0.139. The molecule has 27 heavy (non-hydrogen) atoms. The van der Waals surface area contributed by atoms with Crippen LogP contribution in [0, 0.1) is 11.8 Å². The van der Waals surface area contributed by atoms with Gasteiger partial charge in [-0.2, -0.15) is 0 Å². The molecule has 0 spiro atoms. The third-order valence-electron chi connectivity index (χ3n) is 4.80. The molecule has 0 radical (unpaired) electrons. The van der Waals surface area contributed by atoms with Crippen LogP contribution < -0.4 is 15.8 Å². The molecule has 2 aliphatic rings. The van der Waals surface area contributed by atoms with Crippen LogP contribution in [-0.2, 0) is 9.59 Å². The van der Waals surface area contributed by atoms with Crippen LogP contribution in [0.4, 0.5) is 11.5 Å². The van der Waals surface area contributed by atoms with E-state index in [1.54, 1.807) is 48.7 Å². The molecule has 2 N–H and O–H groups in total. The van der Waals surface area contributed by atoms with Gasteiger partial charge < -0.3 is 5.32 Å². The smallest absolute Gasteiger partial charge is 0.256 e. The molecular formula is C20H18N4O3. The topological polar surface area (TPSA) is 91.4 Å². The lowest BCUT2D eigenvalue weighted by Gasteiger charge is -2.38. The third kappa shape index (κ3) is 3.31. The minimum absolute atomic E-state index is 0.161. The first-order valence-electron chi connectivity index (χ1n) is 8.75. The van der Waals surface area contributed by atoms with E-state index < -0.39 is 0 Å². The SMILES string of the molecule is O=C(Nc1ccccn1)c1cccc(N2NC(=O)[C@H]3CC=CC[C@H]3C2=O)c1. The van der Waals surface area contributed by atoms with Crippen LogP contribution in [0.5, 0.6) is 0 Å². The van der Waals surface area contributed by atoms with Gasteiger partial charge in [0.2, 0.25) is 11.8 Å². The Morgan fingerprint density at radius 2 is 1.89 bits per heavy atom. The second-order valence-electron chi connectivity index (χ2n) is 6.52. The van der Waals surface area contributed by atoms with Gasteiger partial charge in [0.25, 0.3) is 5.91 Å². The summed E-state index contributed by atoms with van der Waals surface area (Å²) in [6.45, 7) is 0. The number of pyridine rings is 1. The van der Waals surface area contributed by atoms with Crippen LogP contribution >= 0.6 is 0 Å². The van der Waals surface area contributed by atoms with E-state index in [0.717, 1.165) is 0 Å². The van der Waals surface area contributed by atoms with E-state index in [9.17, 15) is 14.4 Å². The van der Waals surface area contributed by atoms with Crippen molar-refractivity contribution in [2.45, 2.75) is 12.8 Å². The number of anilines is 2. The first-order valence-corrected chi connectivity index (χ1v) is 8.75. The van der Waals surface area contributed by atoms with Gasteiger partial charge in [-0.25, -0.2) is 9.99 Å². The summed E-state index contributed by atoms with van der Waals surface area (Å²) in [5, 5.41) is 3.95. The van der Waals surface area contributed by atoms with Crippen LogP contribution in [0.1, 0.15) is 23.2 Å². The molecule has 3 amide bonds. The Morgan fingerprint density at radius 3 is 2.67 bits per heavy atom. The van der Waals surface area contributed by atoms with Crippen molar-refractivity contribution in [1.29, 1.82) is 0 Å². The van der Waals surface area contributed by atoms with E-state index in [-0.39, 0.29) is 29.6 Å².